The standard InChI is InChI=1S/C19H12F5N3O3/c20-13-2-1-7-25-17(13)16(27-18(29)10-3-6-15(28)26-9-10)12-5-4-11(8-14(12)21)30-19(22,23)24/h1-9,16H,(H,26,28)(H,27,29). The third-order valence-corrected chi connectivity index (χ3v) is 3.90. The highest BCUT2D eigenvalue weighted by Crippen LogP contribution is 2.30. The van der Waals surface area contributed by atoms with Crippen LogP contribution < -0.4 is 15.6 Å². The molecule has 11 heteroatoms. The number of H-pyrrole nitrogens is 1. The molecule has 0 fully saturated rings. The van der Waals surface area contributed by atoms with Crippen molar-refractivity contribution in [3.8, 4) is 5.75 Å². The molecule has 6 nitrogen and oxygen atoms in total. The van der Waals surface area contributed by atoms with Crippen molar-refractivity contribution < 1.29 is 31.5 Å². The minimum absolute atomic E-state index is 0.0200. The number of hydrogen-bond acceptors (Lipinski definition) is 4. The van der Waals surface area contributed by atoms with Crippen LogP contribution in [0.25, 0.3) is 0 Å². The van der Waals surface area contributed by atoms with Gasteiger partial charge in [0.25, 0.3) is 5.91 Å². The molecule has 2 aromatic heterocycles. The summed E-state index contributed by atoms with van der Waals surface area (Å²) in [7, 11) is 0. The average molecular weight is 425 g/mol. The minimum atomic E-state index is -5.03. The summed E-state index contributed by atoms with van der Waals surface area (Å²) < 4.78 is 69.6. The molecule has 2 heterocycles. The zero-order chi connectivity index (χ0) is 21.9. The van der Waals surface area contributed by atoms with E-state index in [1.165, 1.54) is 18.3 Å². The number of pyridine rings is 2. The van der Waals surface area contributed by atoms with Gasteiger partial charge in [-0.3, -0.25) is 14.6 Å². The molecule has 2 N–H and O–H groups in total. The number of amides is 1. The second kappa shape index (κ2) is 8.31. The predicted octanol–water partition coefficient (Wildman–Crippen LogP) is 3.47. The number of hydrogen-bond donors (Lipinski definition) is 2. The monoisotopic (exact) mass is 425 g/mol. The van der Waals surface area contributed by atoms with Gasteiger partial charge < -0.3 is 15.0 Å². The van der Waals surface area contributed by atoms with Gasteiger partial charge in [-0.2, -0.15) is 0 Å². The van der Waals surface area contributed by atoms with Crippen LogP contribution >= 0.6 is 0 Å². The van der Waals surface area contributed by atoms with Crippen molar-refractivity contribution in [1.29, 1.82) is 0 Å². The lowest BCUT2D eigenvalue weighted by atomic mass is 10.0. The van der Waals surface area contributed by atoms with E-state index in [2.05, 4.69) is 20.0 Å². The zero-order valence-electron chi connectivity index (χ0n) is 14.8. The maximum absolute atomic E-state index is 14.6. The van der Waals surface area contributed by atoms with E-state index in [0.717, 1.165) is 30.5 Å². The number of aromatic amines is 1. The summed E-state index contributed by atoms with van der Waals surface area (Å²) in [6, 6.07) is 5.30. The van der Waals surface area contributed by atoms with Crippen molar-refractivity contribution in [2.24, 2.45) is 0 Å². The Morgan fingerprint density at radius 2 is 1.87 bits per heavy atom. The average Bonchev–Trinajstić information content (AvgIpc) is 2.66. The Balaban J connectivity index is 2.00. The molecule has 3 aromatic rings. The maximum atomic E-state index is 14.6. The lowest BCUT2D eigenvalue weighted by molar-refractivity contribution is -0.274. The molecule has 3 rings (SSSR count). The van der Waals surface area contributed by atoms with Gasteiger partial charge in [0.15, 0.2) is 0 Å². The van der Waals surface area contributed by atoms with Gasteiger partial charge in [-0.15, -0.1) is 13.2 Å². The highest BCUT2D eigenvalue weighted by atomic mass is 19.4. The first-order valence-electron chi connectivity index (χ1n) is 8.29. The third-order valence-electron chi connectivity index (χ3n) is 3.90. The second-order valence-electron chi connectivity index (χ2n) is 5.95. The molecule has 1 amide bonds. The van der Waals surface area contributed by atoms with Gasteiger partial charge in [0.05, 0.1) is 5.56 Å². The van der Waals surface area contributed by atoms with Crippen molar-refractivity contribution in [2.45, 2.75) is 12.4 Å². The summed E-state index contributed by atoms with van der Waals surface area (Å²) in [6.07, 6.45) is -2.73. The summed E-state index contributed by atoms with van der Waals surface area (Å²) >= 11 is 0. The molecule has 0 saturated carbocycles. The summed E-state index contributed by atoms with van der Waals surface area (Å²) in [5.74, 6) is -3.69. The van der Waals surface area contributed by atoms with Crippen LogP contribution in [0.4, 0.5) is 22.0 Å². The second-order valence-corrected chi connectivity index (χ2v) is 5.95. The number of alkyl halides is 3. The highest BCUT2D eigenvalue weighted by molar-refractivity contribution is 5.94. The Labute approximate surface area is 165 Å². The Morgan fingerprint density at radius 1 is 1.10 bits per heavy atom. The Bertz CT molecular complexity index is 1110. The highest BCUT2D eigenvalue weighted by Gasteiger charge is 2.32. The number of nitrogens with zero attached hydrogens (tertiary/aromatic N) is 1. The molecule has 0 saturated heterocycles. The van der Waals surface area contributed by atoms with Gasteiger partial charge in [0.1, 0.15) is 29.1 Å². The fourth-order valence-electron chi connectivity index (χ4n) is 2.61. The van der Waals surface area contributed by atoms with Gasteiger partial charge in [0, 0.05) is 30.1 Å². The van der Waals surface area contributed by atoms with E-state index >= 15 is 0 Å². The van der Waals surface area contributed by atoms with Crippen molar-refractivity contribution in [2.75, 3.05) is 0 Å². The molecule has 30 heavy (non-hydrogen) atoms. The van der Waals surface area contributed by atoms with Gasteiger partial charge in [-0.05, 0) is 30.3 Å². The summed E-state index contributed by atoms with van der Waals surface area (Å²) in [6.45, 7) is 0. The molecular weight excluding hydrogens is 413 g/mol. The quantitative estimate of drug-likeness (QED) is 0.614. The lowest BCUT2D eigenvalue weighted by Crippen LogP contribution is -2.31. The van der Waals surface area contributed by atoms with Crippen molar-refractivity contribution >= 4 is 5.91 Å². The smallest absolute Gasteiger partial charge is 0.406 e. The van der Waals surface area contributed by atoms with E-state index in [4.69, 9.17) is 0 Å². The molecule has 0 bridgehead atoms. The Hall–Kier alpha value is -3.76. The first-order valence-corrected chi connectivity index (χ1v) is 8.29. The topological polar surface area (TPSA) is 84.1 Å². The first-order chi connectivity index (χ1) is 14.1. The van der Waals surface area contributed by atoms with Gasteiger partial charge in [0.2, 0.25) is 5.56 Å². The van der Waals surface area contributed by atoms with E-state index in [1.54, 1.807) is 0 Å². The maximum Gasteiger partial charge on any atom is 0.573 e. The van der Waals surface area contributed by atoms with Crippen LogP contribution in [0.1, 0.15) is 27.7 Å². The Kier molecular flexibility index (Phi) is 5.81. The number of benzene rings is 1. The molecule has 0 aliphatic carbocycles. The van der Waals surface area contributed by atoms with Crippen molar-refractivity contribution in [1.82, 2.24) is 15.3 Å². The van der Waals surface area contributed by atoms with Crippen LogP contribution in [0, 0.1) is 11.6 Å². The molecule has 0 aliphatic heterocycles. The van der Waals surface area contributed by atoms with Gasteiger partial charge >= 0.3 is 6.36 Å². The number of carbonyl (C=O) groups is 1. The lowest BCUT2D eigenvalue weighted by Gasteiger charge is -2.20. The molecule has 156 valence electrons. The number of halogens is 5. The molecule has 0 aliphatic rings. The van der Waals surface area contributed by atoms with E-state index in [1.807, 2.05) is 0 Å². The van der Waals surface area contributed by atoms with Crippen LogP contribution in [0.3, 0.4) is 0 Å². The van der Waals surface area contributed by atoms with Crippen molar-refractivity contribution in [3.05, 3.63) is 93.7 Å². The molecule has 1 aromatic carbocycles. The summed E-state index contributed by atoms with van der Waals surface area (Å²) in [5.41, 5.74) is -1.20. The van der Waals surface area contributed by atoms with Crippen LogP contribution in [0.5, 0.6) is 5.75 Å². The van der Waals surface area contributed by atoms with Gasteiger partial charge in [-0.25, -0.2) is 8.78 Å². The van der Waals surface area contributed by atoms with Crippen LogP contribution in [0.15, 0.2) is 59.7 Å². The number of nitrogens with one attached hydrogen (secondary N) is 2. The molecular formula is C19H12F5N3O3. The van der Waals surface area contributed by atoms with E-state index in [0.29, 0.717) is 6.07 Å². The number of rotatable bonds is 5. The molecule has 1 atom stereocenters. The summed E-state index contributed by atoms with van der Waals surface area (Å²) in [5, 5.41) is 2.37. The fraction of sp³-hybridized carbons (Fsp3) is 0.105. The normalized spacial score (nSPS) is 12.3. The van der Waals surface area contributed by atoms with Crippen LogP contribution in [-0.4, -0.2) is 22.2 Å². The van der Waals surface area contributed by atoms with Gasteiger partial charge in [-0.1, -0.05) is 0 Å². The van der Waals surface area contributed by atoms with Crippen LogP contribution in [0.2, 0.25) is 0 Å². The number of ether oxygens (including phenoxy) is 1. The number of aromatic nitrogens is 2. The first kappa shape index (κ1) is 21.0. The molecule has 1 unspecified atom stereocenters. The molecule has 0 spiro atoms. The van der Waals surface area contributed by atoms with Crippen molar-refractivity contribution in [3.63, 3.8) is 0 Å². The fourth-order valence-corrected chi connectivity index (χ4v) is 2.61. The largest absolute Gasteiger partial charge is 0.573 e. The minimum Gasteiger partial charge on any atom is -0.406 e. The van der Waals surface area contributed by atoms with E-state index in [9.17, 15) is 31.5 Å². The third kappa shape index (κ3) is 4.99. The predicted molar refractivity (Wildman–Crippen MR) is 93.6 cm³/mol. The number of carbonyl (C=O) groups excluding carboxylic acids is 1. The molecule has 0 radical (unpaired) electrons. The Morgan fingerprint density at radius 3 is 2.47 bits per heavy atom. The van der Waals surface area contributed by atoms with E-state index < -0.39 is 41.3 Å². The zero-order valence-corrected chi connectivity index (χ0v) is 14.8. The summed E-state index contributed by atoms with van der Waals surface area (Å²) in [4.78, 5) is 29.7. The van der Waals surface area contributed by atoms with Crippen LogP contribution in [-0.2, 0) is 0 Å². The van der Waals surface area contributed by atoms with E-state index in [-0.39, 0.29) is 16.8 Å². The SMILES string of the molecule is O=C(NC(c1ccc(OC(F)(F)F)cc1F)c1ncccc1F)c1ccc(=O)[nH]c1.